The van der Waals surface area contributed by atoms with Crippen LogP contribution in [0.25, 0.3) is 0 Å². The molecular formula is C24H28BrNO3. The third kappa shape index (κ3) is 3.15. The maximum absolute atomic E-state index is 13.3. The van der Waals surface area contributed by atoms with Crippen LogP contribution >= 0.6 is 0 Å². The molecule has 0 radical (unpaired) electrons. The van der Waals surface area contributed by atoms with E-state index in [1.54, 1.807) is 24.3 Å². The maximum Gasteiger partial charge on any atom is 0.347 e. The van der Waals surface area contributed by atoms with Crippen LogP contribution < -0.4 is 17.0 Å². The van der Waals surface area contributed by atoms with Gasteiger partial charge < -0.3 is 31.3 Å². The number of ether oxygens (including phenoxy) is 1. The van der Waals surface area contributed by atoms with Crippen molar-refractivity contribution in [2.75, 3.05) is 14.1 Å². The molecule has 1 aliphatic carbocycles. The van der Waals surface area contributed by atoms with E-state index in [0.717, 1.165) is 29.2 Å². The van der Waals surface area contributed by atoms with Gasteiger partial charge in [0, 0.05) is 24.7 Å². The van der Waals surface area contributed by atoms with Crippen molar-refractivity contribution in [1.29, 1.82) is 0 Å². The van der Waals surface area contributed by atoms with Gasteiger partial charge in [0.05, 0.1) is 26.2 Å². The Morgan fingerprint density at radius 1 is 0.897 bits per heavy atom. The summed E-state index contributed by atoms with van der Waals surface area (Å²) in [4.78, 5) is 13.3. The molecule has 0 spiro atoms. The van der Waals surface area contributed by atoms with E-state index in [1.165, 1.54) is 6.42 Å². The van der Waals surface area contributed by atoms with Crippen molar-refractivity contribution >= 4 is 5.97 Å². The monoisotopic (exact) mass is 457 g/mol. The van der Waals surface area contributed by atoms with E-state index in [9.17, 15) is 9.90 Å². The number of fused-ring (bicyclic) bond motifs is 5. The first kappa shape index (κ1) is 20.6. The third-order valence-electron chi connectivity index (χ3n) is 7.55. The van der Waals surface area contributed by atoms with Crippen molar-refractivity contribution in [3.63, 3.8) is 0 Å². The molecule has 1 N–H and O–H groups in total. The molecule has 5 rings (SSSR count). The normalized spacial score (nSPS) is 31.3. The lowest BCUT2D eigenvalue weighted by atomic mass is 9.86. The van der Waals surface area contributed by atoms with Crippen LogP contribution in [0.15, 0.2) is 60.7 Å². The average molecular weight is 458 g/mol. The Morgan fingerprint density at radius 3 is 1.79 bits per heavy atom. The zero-order valence-electron chi connectivity index (χ0n) is 16.9. The number of esters is 1. The van der Waals surface area contributed by atoms with E-state index in [4.69, 9.17) is 4.74 Å². The summed E-state index contributed by atoms with van der Waals surface area (Å²) in [6, 6.07) is 19.4. The van der Waals surface area contributed by atoms with E-state index in [-0.39, 0.29) is 23.1 Å². The minimum absolute atomic E-state index is 0. The second-order valence-electron chi connectivity index (χ2n) is 9.27. The Balaban J connectivity index is 0.00000205. The lowest BCUT2D eigenvalue weighted by Crippen LogP contribution is -3.00. The molecule has 2 bridgehead atoms. The summed E-state index contributed by atoms with van der Waals surface area (Å²) in [6.07, 6.45) is 3.03. The maximum atomic E-state index is 13.3. The van der Waals surface area contributed by atoms with Gasteiger partial charge in [-0.1, -0.05) is 60.7 Å². The van der Waals surface area contributed by atoms with E-state index < -0.39 is 11.6 Å². The van der Waals surface area contributed by atoms with E-state index in [0.29, 0.717) is 23.2 Å². The number of carbonyl (C=O) groups is 1. The van der Waals surface area contributed by atoms with Crippen LogP contribution in [0.4, 0.5) is 0 Å². The predicted molar refractivity (Wildman–Crippen MR) is 106 cm³/mol. The fourth-order valence-electron chi connectivity index (χ4n) is 5.98. The topological polar surface area (TPSA) is 46.5 Å². The molecule has 2 aliphatic heterocycles. The largest absolute Gasteiger partial charge is 1.00 e. The van der Waals surface area contributed by atoms with Gasteiger partial charge in [0.25, 0.3) is 0 Å². The quantitative estimate of drug-likeness (QED) is 0.522. The van der Waals surface area contributed by atoms with Crippen molar-refractivity contribution in [3.05, 3.63) is 71.8 Å². The average Bonchev–Trinajstić information content (AvgIpc) is 3.47. The summed E-state index contributed by atoms with van der Waals surface area (Å²) in [6.45, 7) is 0. The fraction of sp³-hybridized carbons (Fsp3) is 0.458. The number of halogens is 1. The summed E-state index contributed by atoms with van der Waals surface area (Å²) in [5.74, 6) is 1.03. The number of hydrogen-bond donors (Lipinski definition) is 1. The zero-order valence-corrected chi connectivity index (χ0v) is 18.5. The molecule has 2 saturated heterocycles. The van der Waals surface area contributed by atoms with Crippen LogP contribution in [-0.4, -0.2) is 47.8 Å². The molecule has 154 valence electrons. The Kier molecular flexibility index (Phi) is 5.12. The van der Waals surface area contributed by atoms with Crippen LogP contribution in [0, 0.1) is 11.8 Å². The Labute approximate surface area is 182 Å². The third-order valence-corrected chi connectivity index (χ3v) is 7.55. The van der Waals surface area contributed by atoms with Crippen LogP contribution in [0.3, 0.4) is 0 Å². The van der Waals surface area contributed by atoms with Crippen molar-refractivity contribution in [2.24, 2.45) is 11.8 Å². The highest BCUT2D eigenvalue weighted by Crippen LogP contribution is 2.61. The molecule has 3 fully saturated rings. The highest BCUT2D eigenvalue weighted by Gasteiger charge is 2.68. The molecule has 5 heteroatoms. The molecule has 1 unspecified atom stereocenters. The molecular weight excluding hydrogens is 430 g/mol. The van der Waals surface area contributed by atoms with E-state index >= 15 is 0 Å². The fourth-order valence-corrected chi connectivity index (χ4v) is 5.98. The summed E-state index contributed by atoms with van der Waals surface area (Å²) in [7, 11) is 4.65. The summed E-state index contributed by atoms with van der Waals surface area (Å²) < 4.78 is 7.07. The minimum Gasteiger partial charge on any atom is -1.00 e. The zero-order chi connectivity index (χ0) is 19.5. The van der Waals surface area contributed by atoms with E-state index in [2.05, 4.69) is 14.1 Å². The van der Waals surface area contributed by atoms with Gasteiger partial charge in [-0.15, -0.1) is 0 Å². The second-order valence-corrected chi connectivity index (χ2v) is 9.27. The van der Waals surface area contributed by atoms with Crippen LogP contribution in [0.2, 0.25) is 0 Å². The summed E-state index contributed by atoms with van der Waals surface area (Å²) in [5.41, 5.74) is -0.695. The van der Waals surface area contributed by atoms with Crippen molar-refractivity contribution in [3.8, 4) is 0 Å². The minimum atomic E-state index is -1.79. The number of quaternary nitrogens is 1. The Bertz CT molecular complexity index is 826. The van der Waals surface area contributed by atoms with Crippen LogP contribution in [0.1, 0.15) is 30.4 Å². The predicted octanol–water partition coefficient (Wildman–Crippen LogP) is 0.0954. The van der Waals surface area contributed by atoms with Gasteiger partial charge in [0.15, 0.2) is 0 Å². The Hall–Kier alpha value is -1.69. The van der Waals surface area contributed by atoms with Gasteiger partial charge in [0.2, 0.25) is 5.60 Å². The number of aliphatic hydroxyl groups is 1. The van der Waals surface area contributed by atoms with Gasteiger partial charge in [-0.25, -0.2) is 4.79 Å². The summed E-state index contributed by atoms with van der Waals surface area (Å²) in [5, 5.41) is 11.6. The number of piperidine rings is 2. The lowest BCUT2D eigenvalue weighted by molar-refractivity contribution is -0.937. The molecule has 0 amide bonds. The number of rotatable bonds is 4. The van der Waals surface area contributed by atoms with Crippen LogP contribution in [-0.2, 0) is 15.1 Å². The second kappa shape index (κ2) is 7.22. The van der Waals surface area contributed by atoms with Crippen LogP contribution in [0.5, 0.6) is 0 Å². The molecule has 0 aromatic heterocycles. The first-order valence-electron chi connectivity index (χ1n) is 10.3. The summed E-state index contributed by atoms with van der Waals surface area (Å²) >= 11 is 0. The molecule has 1 saturated carbocycles. The number of carbonyl (C=O) groups excluding carboxylic acids is 1. The van der Waals surface area contributed by atoms with Gasteiger partial charge in [-0.3, -0.25) is 0 Å². The smallest absolute Gasteiger partial charge is 0.347 e. The first-order chi connectivity index (χ1) is 13.4. The van der Waals surface area contributed by atoms with E-state index in [1.807, 2.05) is 36.4 Å². The Morgan fingerprint density at radius 2 is 1.34 bits per heavy atom. The van der Waals surface area contributed by atoms with Crippen molar-refractivity contribution in [1.82, 2.24) is 0 Å². The standard InChI is InChI=1S/C24H28NO3.BrH/c1-25(2)21-13-18(14-22(25)20-15-19(20)21)28-23(26)24(27,16-9-5-3-6-10-16)17-11-7-4-8-12-17;/h3-12,18-22,27H,13-15H2,1-2H3;1H/q+1;/p-1/t18?,19-,20+,21-,22+;. The molecule has 3 aliphatic rings. The van der Waals surface area contributed by atoms with Crippen molar-refractivity contribution in [2.45, 2.75) is 43.1 Å². The number of hydrogen-bond acceptors (Lipinski definition) is 3. The highest BCUT2D eigenvalue weighted by molar-refractivity contribution is 5.85. The molecule has 2 aromatic rings. The van der Waals surface area contributed by atoms with Gasteiger partial charge in [0.1, 0.15) is 6.10 Å². The van der Waals surface area contributed by atoms with Gasteiger partial charge in [-0.2, -0.15) is 0 Å². The SMILES string of the molecule is C[N+]1(C)[C@@H]2CC(OC(=O)C(O)(c3ccccc3)c3ccccc3)C[C@H]1[C@H]1C[C@H]12.[Br-]. The highest BCUT2D eigenvalue weighted by atomic mass is 79.9. The van der Waals surface area contributed by atoms with Gasteiger partial charge in [-0.05, 0) is 17.5 Å². The lowest BCUT2D eigenvalue weighted by Gasteiger charge is -2.46. The molecule has 2 heterocycles. The molecule has 2 aromatic carbocycles. The molecule has 5 atom stereocenters. The molecule has 4 nitrogen and oxygen atoms in total. The first-order valence-corrected chi connectivity index (χ1v) is 10.3. The van der Waals surface area contributed by atoms with Gasteiger partial charge >= 0.3 is 5.97 Å². The van der Waals surface area contributed by atoms with Crippen molar-refractivity contribution < 1.29 is 36.1 Å². The molecule has 29 heavy (non-hydrogen) atoms. The number of benzene rings is 2. The number of nitrogens with zero attached hydrogens (tertiary/aromatic N) is 1.